The number of carbonyl (C=O) groups is 1. The van der Waals surface area contributed by atoms with Crippen LogP contribution in [-0.4, -0.2) is 29.0 Å². The summed E-state index contributed by atoms with van der Waals surface area (Å²) in [5.74, 6) is 0.857. The van der Waals surface area contributed by atoms with Gasteiger partial charge in [0.1, 0.15) is 5.69 Å². The molecule has 0 fully saturated rings. The third-order valence-electron chi connectivity index (χ3n) is 3.42. The molecule has 1 N–H and O–H groups in total. The quantitative estimate of drug-likeness (QED) is 0.886. The van der Waals surface area contributed by atoms with Gasteiger partial charge in [-0.1, -0.05) is 26.0 Å². The second-order valence-corrected chi connectivity index (χ2v) is 5.93. The smallest absolute Gasteiger partial charge is 0.277 e. The molecule has 1 aromatic heterocycles. The summed E-state index contributed by atoms with van der Waals surface area (Å²) in [6.07, 6.45) is 1.62. The van der Waals surface area contributed by atoms with Gasteiger partial charge in [0.15, 0.2) is 0 Å². The predicted molar refractivity (Wildman–Crippen MR) is 93.9 cm³/mol. The summed E-state index contributed by atoms with van der Waals surface area (Å²) in [5, 5.41) is 3.15. The number of nitrogens with one attached hydrogen (secondary N) is 1. The Morgan fingerprint density at radius 2 is 2.09 bits per heavy atom. The van der Waals surface area contributed by atoms with Gasteiger partial charge in [0, 0.05) is 25.0 Å². The maximum absolute atomic E-state index is 12.8. The van der Waals surface area contributed by atoms with E-state index in [4.69, 9.17) is 0 Å². The number of amides is 1. The van der Waals surface area contributed by atoms with Gasteiger partial charge in [-0.15, -0.1) is 0 Å². The van der Waals surface area contributed by atoms with E-state index in [1.807, 2.05) is 38.1 Å². The van der Waals surface area contributed by atoms with Crippen molar-refractivity contribution in [3.05, 3.63) is 47.8 Å². The molecule has 5 heteroatoms. The molecule has 0 aliphatic rings. The number of aromatic nitrogens is 2. The van der Waals surface area contributed by atoms with Gasteiger partial charge >= 0.3 is 0 Å². The Kier molecular flexibility index (Phi) is 5.68. The molecule has 2 aromatic rings. The fourth-order valence-electron chi connectivity index (χ4n) is 2.24. The normalized spacial score (nSPS) is 10.7. The van der Waals surface area contributed by atoms with Crippen molar-refractivity contribution >= 4 is 17.5 Å². The maximum Gasteiger partial charge on any atom is 0.277 e. The number of hydrogen-bond donors (Lipinski definition) is 1. The number of aryl methyl sites for hydroxylation is 1. The van der Waals surface area contributed by atoms with Crippen LogP contribution < -0.4 is 10.2 Å². The second-order valence-electron chi connectivity index (χ2n) is 5.93. The fraction of sp³-hybridized carbons (Fsp3) is 0.389. The Balaban J connectivity index is 2.22. The summed E-state index contributed by atoms with van der Waals surface area (Å²) in [7, 11) is 0. The van der Waals surface area contributed by atoms with Gasteiger partial charge in [0.2, 0.25) is 5.95 Å². The first-order chi connectivity index (χ1) is 11.0. The van der Waals surface area contributed by atoms with Crippen LogP contribution in [0.3, 0.4) is 0 Å². The first kappa shape index (κ1) is 16.9. The van der Waals surface area contributed by atoms with Gasteiger partial charge in [-0.05, 0) is 43.5 Å². The van der Waals surface area contributed by atoms with Crippen LogP contribution in [0.5, 0.6) is 0 Å². The summed E-state index contributed by atoms with van der Waals surface area (Å²) in [6.45, 7) is 9.55. The highest BCUT2D eigenvalue weighted by molar-refractivity contribution is 6.04. The molecule has 0 radical (unpaired) electrons. The first-order valence-corrected chi connectivity index (χ1v) is 7.96. The number of anilines is 2. The predicted octanol–water partition coefficient (Wildman–Crippen LogP) is 3.52. The van der Waals surface area contributed by atoms with Crippen molar-refractivity contribution in [1.82, 2.24) is 9.97 Å². The number of benzene rings is 1. The largest absolute Gasteiger partial charge is 0.354 e. The number of carbonyl (C=O) groups excluding carboxylic acids is 1. The van der Waals surface area contributed by atoms with Crippen molar-refractivity contribution in [2.75, 3.05) is 23.3 Å². The van der Waals surface area contributed by atoms with E-state index in [2.05, 4.69) is 29.1 Å². The number of rotatable bonds is 6. The van der Waals surface area contributed by atoms with Crippen LogP contribution in [0.1, 0.15) is 36.8 Å². The van der Waals surface area contributed by atoms with Crippen LogP contribution in [-0.2, 0) is 0 Å². The Morgan fingerprint density at radius 1 is 1.30 bits per heavy atom. The van der Waals surface area contributed by atoms with Gasteiger partial charge in [0.05, 0.1) is 0 Å². The number of nitrogens with zero attached hydrogens (tertiary/aromatic N) is 3. The zero-order valence-corrected chi connectivity index (χ0v) is 14.2. The highest BCUT2D eigenvalue weighted by atomic mass is 16.2. The Morgan fingerprint density at radius 3 is 2.74 bits per heavy atom. The molecule has 1 aromatic carbocycles. The Bertz CT molecular complexity index is 670. The van der Waals surface area contributed by atoms with Crippen molar-refractivity contribution in [3.63, 3.8) is 0 Å². The third-order valence-corrected chi connectivity index (χ3v) is 3.42. The highest BCUT2D eigenvalue weighted by Gasteiger charge is 2.18. The van der Waals surface area contributed by atoms with Crippen LogP contribution >= 0.6 is 0 Å². The van der Waals surface area contributed by atoms with Crippen LogP contribution in [0.15, 0.2) is 36.5 Å². The van der Waals surface area contributed by atoms with E-state index in [0.717, 1.165) is 17.8 Å². The van der Waals surface area contributed by atoms with E-state index in [0.29, 0.717) is 24.1 Å². The standard InChI is InChI=1S/C18H24N4O/c1-5-22(15-8-6-7-14(4)11-15)17(23)16-9-10-19-18(21-16)20-12-13(2)3/h6-11,13H,5,12H2,1-4H3,(H,19,20,21). The van der Waals surface area contributed by atoms with Gasteiger partial charge in [-0.2, -0.15) is 0 Å². The van der Waals surface area contributed by atoms with Crippen molar-refractivity contribution in [2.24, 2.45) is 5.92 Å². The van der Waals surface area contributed by atoms with E-state index in [1.165, 1.54) is 0 Å². The molecule has 0 aliphatic carbocycles. The summed E-state index contributed by atoms with van der Waals surface area (Å²) in [4.78, 5) is 23.0. The van der Waals surface area contributed by atoms with E-state index in [-0.39, 0.29) is 5.91 Å². The van der Waals surface area contributed by atoms with Crippen LogP contribution in [0, 0.1) is 12.8 Å². The molecule has 0 unspecified atom stereocenters. The van der Waals surface area contributed by atoms with Crippen molar-refractivity contribution in [1.29, 1.82) is 0 Å². The number of hydrogen-bond acceptors (Lipinski definition) is 4. The molecule has 0 spiro atoms. The van der Waals surface area contributed by atoms with Crippen LogP contribution in [0.2, 0.25) is 0 Å². The SMILES string of the molecule is CCN(C(=O)c1ccnc(NCC(C)C)n1)c1cccc(C)c1. The molecule has 2 rings (SSSR count). The summed E-state index contributed by atoms with van der Waals surface area (Å²) >= 11 is 0. The minimum Gasteiger partial charge on any atom is -0.354 e. The van der Waals surface area contributed by atoms with Gasteiger partial charge in [0.25, 0.3) is 5.91 Å². The zero-order chi connectivity index (χ0) is 16.8. The zero-order valence-electron chi connectivity index (χ0n) is 14.2. The molecule has 1 heterocycles. The lowest BCUT2D eigenvalue weighted by atomic mass is 10.2. The molecule has 0 aliphatic heterocycles. The molecule has 5 nitrogen and oxygen atoms in total. The van der Waals surface area contributed by atoms with E-state index >= 15 is 0 Å². The fourth-order valence-corrected chi connectivity index (χ4v) is 2.24. The molecule has 1 amide bonds. The van der Waals surface area contributed by atoms with Gasteiger partial charge in [-0.25, -0.2) is 9.97 Å². The highest BCUT2D eigenvalue weighted by Crippen LogP contribution is 2.18. The van der Waals surface area contributed by atoms with Crippen molar-refractivity contribution in [2.45, 2.75) is 27.7 Å². The lowest BCUT2D eigenvalue weighted by Gasteiger charge is -2.21. The topological polar surface area (TPSA) is 58.1 Å². The molecule has 0 saturated heterocycles. The second kappa shape index (κ2) is 7.72. The van der Waals surface area contributed by atoms with Crippen molar-refractivity contribution < 1.29 is 4.79 Å². The van der Waals surface area contributed by atoms with Crippen LogP contribution in [0.4, 0.5) is 11.6 Å². The third kappa shape index (κ3) is 4.52. The van der Waals surface area contributed by atoms with Crippen LogP contribution in [0.25, 0.3) is 0 Å². The van der Waals surface area contributed by atoms with E-state index < -0.39 is 0 Å². The summed E-state index contributed by atoms with van der Waals surface area (Å²) < 4.78 is 0. The maximum atomic E-state index is 12.8. The summed E-state index contributed by atoms with van der Waals surface area (Å²) in [5.41, 5.74) is 2.40. The van der Waals surface area contributed by atoms with E-state index in [9.17, 15) is 4.79 Å². The molecule has 0 saturated carbocycles. The Labute approximate surface area is 137 Å². The lowest BCUT2D eigenvalue weighted by molar-refractivity contribution is 0.0983. The average molecular weight is 312 g/mol. The van der Waals surface area contributed by atoms with E-state index in [1.54, 1.807) is 17.2 Å². The lowest BCUT2D eigenvalue weighted by Crippen LogP contribution is -2.31. The molecule has 0 atom stereocenters. The molecular weight excluding hydrogens is 288 g/mol. The monoisotopic (exact) mass is 312 g/mol. The minimum atomic E-state index is -0.118. The Hall–Kier alpha value is -2.43. The molecule has 122 valence electrons. The molecule has 0 bridgehead atoms. The van der Waals surface area contributed by atoms with Gasteiger partial charge in [-0.3, -0.25) is 4.79 Å². The average Bonchev–Trinajstić information content (AvgIpc) is 2.54. The van der Waals surface area contributed by atoms with Gasteiger partial charge < -0.3 is 10.2 Å². The first-order valence-electron chi connectivity index (χ1n) is 7.96. The molecular formula is C18H24N4O. The molecule has 23 heavy (non-hydrogen) atoms. The minimum absolute atomic E-state index is 0.118. The summed E-state index contributed by atoms with van der Waals surface area (Å²) in [6, 6.07) is 9.56. The van der Waals surface area contributed by atoms with Crippen molar-refractivity contribution in [3.8, 4) is 0 Å².